The van der Waals surface area contributed by atoms with E-state index in [-0.39, 0.29) is 0 Å². The first-order valence-corrected chi connectivity index (χ1v) is 8.83. The van der Waals surface area contributed by atoms with Crippen LogP contribution in [-0.2, 0) is 0 Å². The first-order valence-electron chi connectivity index (χ1n) is 8.83. The van der Waals surface area contributed by atoms with Crippen molar-refractivity contribution in [1.82, 2.24) is 9.55 Å². The van der Waals surface area contributed by atoms with Crippen LogP contribution in [0.4, 0.5) is 0 Å². The second kappa shape index (κ2) is 5.85. The Labute approximate surface area is 152 Å². The van der Waals surface area contributed by atoms with Gasteiger partial charge in [0.05, 0.1) is 16.7 Å². The Morgan fingerprint density at radius 2 is 1.35 bits per heavy atom. The lowest BCUT2D eigenvalue weighted by Crippen LogP contribution is -1.96. The van der Waals surface area contributed by atoms with Gasteiger partial charge in [-0.25, -0.2) is 0 Å². The molecular formula is C24H18N2. The van der Waals surface area contributed by atoms with E-state index in [1.54, 1.807) is 0 Å². The van der Waals surface area contributed by atoms with E-state index < -0.39 is 0 Å². The third-order valence-electron chi connectivity index (χ3n) is 5.00. The number of pyridine rings is 1. The van der Waals surface area contributed by atoms with Gasteiger partial charge in [0.1, 0.15) is 0 Å². The summed E-state index contributed by atoms with van der Waals surface area (Å²) in [6.07, 6.45) is 1.85. The highest BCUT2D eigenvalue weighted by atomic mass is 15.0. The lowest BCUT2D eigenvalue weighted by atomic mass is 10.0. The first-order chi connectivity index (χ1) is 12.8. The van der Waals surface area contributed by atoms with Gasteiger partial charge < -0.3 is 4.57 Å². The Balaban J connectivity index is 1.84. The Morgan fingerprint density at radius 1 is 0.692 bits per heavy atom. The number of para-hydroxylation sites is 2. The number of aryl methyl sites for hydroxylation is 1. The van der Waals surface area contributed by atoms with Gasteiger partial charge in [-0.15, -0.1) is 0 Å². The van der Waals surface area contributed by atoms with Gasteiger partial charge in [0.25, 0.3) is 0 Å². The molecule has 0 unspecified atom stereocenters. The number of rotatable bonds is 2. The second-order valence-corrected chi connectivity index (χ2v) is 6.58. The smallest absolute Gasteiger partial charge is 0.0705 e. The van der Waals surface area contributed by atoms with Crippen LogP contribution in [0.15, 0.2) is 91.1 Å². The highest BCUT2D eigenvalue weighted by Gasteiger charge is 2.13. The van der Waals surface area contributed by atoms with Crippen LogP contribution in [0.2, 0.25) is 0 Å². The number of hydrogen-bond acceptors (Lipinski definition) is 1. The van der Waals surface area contributed by atoms with Crippen molar-refractivity contribution in [3.63, 3.8) is 0 Å². The van der Waals surface area contributed by atoms with Crippen molar-refractivity contribution in [2.75, 3.05) is 0 Å². The van der Waals surface area contributed by atoms with Crippen LogP contribution >= 0.6 is 0 Å². The van der Waals surface area contributed by atoms with Crippen molar-refractivity contribution in [3.05, 3.63) is 96.7 Å². The summed E-state index contributed by atoms with van der Waals surface area (Å²) in [5, 5.41) is 2.56. The van der Waals surface area contributed by atoms with E-state index in [4.69, 9.17) is 0 Å². The van der Waals surface area contributed by atoms with E-state index in [0.29, 0.717) is 0 Å². The minimum Gasteiger partial charge on any atom is -0.309 e. The maximum atomic E-state index is 4.55. The fourth-order valence-corrected chi connectivity index (χ4v) is 3.75. The molecule has 5 aromatic rings. The predicted octanol–water partition coefficient (Wildman–Crippen LogP) is 6.15. The molecule has 0 bridgehead atoms. The van der Waals surface area contributed by atoms with E-state index in [2.05, 4.69) is 89.3 Å². The van der Waals surface area contributed by atoms with Crippen molar-refractivity contribution in [1.29, 1.82) is 0 Å². The third kappa shape index (κ3) is 2.23. The van der Waals surface area contributed by atoms with Crippen LogP contribution in [0.25, 0.3) is 38.8 Å². The summed E-state index contributed by atoms with van der Waals surface area (Å²) in [5.41, 5.74) is 7.02. The van der Waals surface area contributed by atoms with Gasteiger partial charge in [0.2, 0.25) is 0 Å². The molecule has 0 amide bonds. The molecule has 2 aromatic heterocycles. The van der Waals surface area contributed by atoms with Crippen molar-refractivity contribution >= 4 is 21.8 Å². The Bertz CT molecular complexity index is 1180. The number of benzene rings is 3. The van der Waals surface area contributed by atoms with Gasteiger partial charge in [0, 0.05) is 28.2 Å². The summed E-state index contributed by atoms with van der Waals surface area (Å²) in [7, 11) is 0. The van der Waals surface area contributed by atoms with E-state index in [1.807, 2.05) is 18.3 Å². The van der Waals surface area contributed by atoms with Crippen LogP contribution in [0.3, 0.4) is 0 Å². The average Bonchev–Trinajstić information content (AvgIpc) is 3.04. The zero-order valence-electron chi connectivity index (χ0n) is 14.6. The molecule has 0 aliphatic rings. The molecule has 124 valence electrons. The van der Waals surface area contributed by atoms with E-state index in [9.17, 15) is 0 Å². The van der Waals surface area contributed by atoms with E-state index in [0.717, 1.165) is 11.4 Å². The van der Waals surface area contributed by atoms with Crippen molar-refractivity contribution in [3.8, 4) is 16.9 Å². The lowest BCUT2D eigenvalue weighted by Gasteiger charge is -2.12. The van der Waals surface area contributed by atoms with Gasteiger partial charge in [-0.1, -0.05) is 48.5 Å². The van der Waals surface area contributed by atoms with Crippen molar-refractivity contribution in [2.45, 2.75) is 6.92 Å². The number of nitrogens with zero attached hydrogens (tertiary/aromatic N) is 2. The largest absolute Gasteiger partial charge is 0.309 e. The summed E-state index contributed by atoms with van der Waals surface area (Å²) < 4.78 is 2.34. The Hall–Kier alpha value is -3.39. The van der Waals surface area contributed by atoms with Gasteiger partial charge >= 0.3 is 0 Å². The van der Waals surface area contributed by atoms with Gasteiger partial charge in [-0.3, -0.25) is 4.98 Å². The van der Waals surface area contributed by atoms with Crippen LogP contribution in [0.5, 0.6) is 0 Å². The molecule has 0 fully saturated rings. The molecule has 2 nitrogen and oxygen atoms in total. The monoisotopic (exact) mass is 334 g/mol. The molecule has 0 saturated heterocycles. The number of fused-ring (bicyclic) bond motifs is 3. The number of aromatic nitrogens is 2. The molecule has 2 heterocycles. The van der Waals surface area contributed by atoms with E-state index >= 15 is 0 Å². The summed E-state index contributed by atoms with van der Waals surface area (Å²) in [4.78, 5) is 4.55. The standard InChI is InChI=1S/C24H18N2/c1-17-13-14-18(16-21(17)22-10-6-7-15-25-22)26-23-11-4-2-8-19(23)20-9-3-5-12-24(20)26/h2-16H,1H3. The Morgan fingerprint density at radius 3 is 2.00 bits per heavy atom. The molecule has 0 aliphatic heterocycles. The van der Waals surface area contributed by atoms with E-state index in [1.165, 1.54) is 32.9 Å². The zero-order valence-corrected chi connectivity index (χ0v) is 14.6. The SMILES string of the molecule is Cc1ccc(-n2c3ccccc3c3ccccc32)cc1-c1ccccn1. The quantitative estimate of drug-likeness (QED) is 0.378. The molecule has 0 N–H and O–H groups in total. The summed E-state index contributed by atoms with van der Waals surface area (Å²) >= 11 is 0. The molecule has 0 spiro atoms. The molecule has 3 aromatic carbocycles. The zero-order chi connectivity index (χ0) is 17.5. The van der Waals surface area contributed by atoms with Gasteiger partial charge in [-0.05, 0) is 48.9 Å². The predicted molar refractivity (Wildman–Crippen MR) is 109 cm³/mol. The maximum Gasteiger partial charge on any atom is 0.0705 e. The van der Waals surface area contributed by atoms with Crippen LogP contribution in [-0.4, -0.2) is 9.55 Å². The van der Waals surface area contributed by atoms with Crippen LogP contribution in [0.1, 0.15) is 5.56 Å². The Kier molecular flexibility index (Phi) is 3.36. The molecule has 5 rings (SSSR count). The lowest BCUT2D eigenvalue weighted by molar-refractivity contribution is 1.17. The highest BCUT2D eigenvalue weighted by Crippen LogP contribution is 2.33. The van der Waals surface area contributed by atoms with Gasteiger partial charge in [0.15, 0.2) is 0 Å². The molecule has 0 aliphatic carbocycles. The fraction of sp³-hybridized carbons (Fsp3) is 0.0417. The summed E-state index contributed by atoms with van der Waals surface area (Å²) in [6.45, 7) is 2.14. The molecule has 0 radical (unpaired) electrons. The van der Waals surface area contributed by atoms with Crippen LogP contribution in [0, 0.1) is 6.92 Å². The minimum absolute atomic E-state index is 1.01. The fourth-order valence-electron chi connectivity index (χ4n) is 3.75. The normalized spacial score (nSPS) is 11.3. The number of hydrogen-bond donors (Lipinski definition) is 0. The first kappa shape index (κ1) is 14.9. The molecule has 0 saturated carbocycles. The maximum absolute atomic E-state index is 4.55. The highest BCUT2D eigenvalue weighted by molar-refractivity contribution is 6.09. The molecule has 0 atom stereocenters. The average molecular weight is 334 g/mol. The third-order valence-corrected chi connectivity index (χ3v) is 5.00. The topological polar surface area (TPSA) is 17.8 Å². The second-order valence-electron chi connectivity index (χ2n) is 6.58. The molecule has 2 heteroatoms. The summed E-state index contributed by atoms with van der Waals surface area (Å²) in [6, 6.07) is 29.9. The minimum atomic E-state index is 1.01. The van der Waals surface area contributed by atoms with Crippen molar-refractivity contribution in [2.24, 2.45) is 0 Å². The molecule has 26 heavy (non-hydrogen) atoms. The van der Waals surface area contributed by atoms with Crippen LogP contribution < -0.4 is 0 Å². The summed E-state index contributed by atoms with van der Waals surface area (Å²) in [5.74, 6) is 0. The van der Waals surface area contributed by atoms with Crippen molar-refractivity contribution < 1.29 is 0 Å². The molecular weight excluding hydrogens is 316 g/mol. The van der Waals surface area contributed by atoms with Gasteiger partial charge in [-0.2, -0.15) is 0 Å².